The fraction of sp³-hybridized carbons (Fsp3) is 0.500. The van der Waals surface area contributed by atoms with E-state index in [0.717, 1.165) is 36.9 Å². The number of aromatic nitrogens is 1. The molecule has 27 heavy (non-hydrogen) atoms. The molecule has 1 aromatic carbocycles. The molecular weight excluding hydrogens is 469 g/mol. The van der Waals surface area contributed by atoms with Gasteiger partial charge >= 0.3 is 0 Å². The average molecular weight is 499 g/mol. The molecule has 3 rings (SSSR count). The van der Waals surface area contributed by atoms with Gasteiger partial charge in [0.25, 0.3) is 0 Å². The maximum atomic E-state index is 6.06. The number of guanidine groups is 1. The Kier molecular flexibility index (Phi) is 8.50. The van der Waals surface area contributed by atoms with Gasteiger partial charge in [-0.25, -0.2) is 4.98 Å². The van der Waals surface area contributed by atoms with Gasteiger partial charge in [-0.05, 0) is 75.9 Å². The quantitative estimate of drug-likeness (QED) is 0.365. The van der Waals surface area contributed by atoms with Gasteiger partial charge in [0.2, 0.25) is 0 Å². The monoisotopic (exact) mass is 499 g/mol. The van der Waals surface area contributed by atoms with Gasteiger partial charge in [-0.1, -0.05) is 6.07 Å². The zero-order chi connectivity index (χ0) is 18.5. The number of hydrogen-bond donors (Lipinski definition) is 2. The summed E-state index contributed by atoms with van der Waals surface area (Å²) >= 11 is 1.73. The highest BCUT2D eigenvalue weighted by atomic mass is 127. The van der Waals surface area contributed by atoms with Crippen molar-refractivity contribution in [2.75, 3.05) is 25.0 Å². The molecule has 1 aliphatic heterocycles. The third kappa shape index (κ3) is 6.73. The van der Waals surface area contributed by atoms with Gasteiger partial charge in [0.15, 0.2) is 5.96 Å². The number of nitrogens with two attached hydrogens (primary N) is 1. The standard InChI is InChI=1S/C20H29N5S.HI/c1-14-4-5-18(10-15(14)2)24-20(21)22-11-17-6-8-25(9-7-17)12-19-13-26-16(3)23-19;/h4-5,10,13,17H,6-9,11-12H2,1-3H3,(H3,21,22,24);1H. The molecule has 7 heteroatoms. The molecule has 3 N–H and O–H groups in total. The third-order valence-electron chi connectivity index (χ3n) is 5.06. The van der Waals surface area contributed by atoms with Crippen LogP contribution in [0.2, 0.25) is 0 Å². The van der Waals surface area contributed by atoms with Gasteiger partial charge in [0.05, 0.1) is 10.7 Å². The lowest BCUT2D eigenvalue weighted by molar-refractivity contribution is 0.179. The first-order chi connectivity index (χ1) is 12.5. The van der Waals surface area contributed by atoms with Crippen molar-refractivity contribution < 1.29 is 0 Å². The fourth-order valence-corrected chi connectivity index (χ4v) is 3.87. The van der Waals surface area contributed by atoms with Gasteiger partial charge in [-0.2, -0.15) is 0 Å². The van der Waals surface area contributed by atoms with Gasteiger partial charge in [0.1, 0.15) is 0 Å². The van der Waals surface area contributed by atoms with Crippen LogP contribution in [0.5, 0.6) is 0 Å². The summed E-state index contributed by atoms with van der Waals surface area (Å²) in [7, 11) is 0. The molecular formula is C20H30IN5S. The second kappa shape index (κ2) is 10.4. The molecule has 1 aliphatic rings. The van der Waals surface area contributed by atoms with Crippen LogP contribution < -0.4 is 11.1 Å². The normalized spacial score (nSPS) is 16.2. The summed E-state index contributed by atoms with van der Waals surface area (Å²) in [5.41, 5.74) is 10.8. The van der Waals surface area contributed by atoms with E-state index in [4.69, 9.17) is 5.73 Å². The Morgan fingerprint density at radius 2 is 2.00 bits per heavy atom. The first kappa shape index (κ1) is 22.1. The van der Waals surface area contributed by atoms with Gasteiger partial charge < -0.3 is 11.1 Å². The fourth-order valence-electron chi connectivity index (χ4n) is 3.27. The van der Waals surface area contributed by atoms with Crippen LogP contribution in [0.4, 0.5) is 5.69 Å². The highest BCUT2D eigenvalue weighted by molar-refractivity contribution is 14.0. The van der Waals surface area contributed by atoms with E-state index in [1.165, 1.54) is 29.7 Å². The van der Waals surface area contributed by atoms with Gasteiger partial charge in [-0.3, -0.25) is 9.89 Å². The van der Waals surface area contributed by atoms with Gasteiger partial charge in [-0.15, -0.1) is 35.3 Å². The molecule has 0 unspecified atom stereocenters. The van der Waals surface area contributed by atoms with E-state index in [2.05, 4.69) is 58.5 Å². The van der Waals surface area contributed by atoms with Crippen LogP contribution in [0.1, 0.15) is 34.7 Å². The number of hydrogen-bond acceptors (Lipinski definition) is 4. The van der Waals surface area contributed by atoms with Crippen molar-refractivity contribution in [3.8, 4) is 0 Å². The molecule has 2 heterocycles. The number of thiazole rings is 1. The number of halogens is 1. The van der Waals surface area contributed by atoms with Gasteiger partial charge in [0, 0.05) is 24.2 Å². The molecule has 0 saturated carbocycles. The minimum Gasteiger partial charge on any atom is -0.370 e. The molecule has 0 radical (unpaired) electrons. The number of aliphatic imine (C=N–C) groups is 1. The number of rotatable bonds is 5. The smallest absolute Gasteiger partial charge is 0.193 e. The topological polar surface area (TPSA) is 66.5 Å². The van der Waals surface area contributed by atoms with Crippen molar-refractivity contribution in [2.24, 2.45) is 16.6 Å². The molecule has 2 aromatic rings. The van der Waals surface area contributed by atoms with E-state index in [9.17, 15) is 0 Å². The lowest BCUT2D eigenvalue weighted by Crippen LogP contribution is -2.34. The highest BCUT2D eigenvalue weighted by Crippen LogP contribution is 2.20. The molecule has 1 saturated heterocycles. The number of aryl methyl sites for hydroxylation is 3. The predicted octanol–water partition coefficient (Wildman–Crippen LogP) is 4.33. The first-order valence-corrected chi connectivity index (χ1v) is 10.1. The zero-order valence-electron chi connectivity index (χ0n) is 16.4. The Bertz CT molecular complexity index is 765. The van der Waals surface area contributed by atoms with Crippen molar-refractivity contribution in [2.45, 2.75) is 40.2 Å². The van der Waals surface area contributed by atoms with E-state index in [1.807, 2.05) is 6.07 Å². The minimum absolute atomic E-state index is 0. The summed E-state index contributed by atoms with van der Waals surface area (Å²) in [5.74, 6) is 1.12. The van der Waals surface area contributed by atoms with Crippen molar-refractivity contribution in [3.05, 3.63) is 45.4 Å². The molecule has 1 aromatic heterocycles. The van der Waals surface area contributed by atoms with Crippen molar-refractivity contribution in [1.29, 1.82) is 0 Å². The first-order valence-electron chi connectivity index (χ1n) is 9.27. The van der Waals surface area contributed by atoms with E-state index in [-0.39, 0.29) is 24.0 Å². The predicted molar refractivity (Wildman–Crippen MR) is 126 cm³/mol. The largest absolute Gasteiger partial charge is 0.370 e. The van der Waals surface area contributed by atoms with Crippen molar-refractivity contribution >= 4 is 47.0 Å². The molecule has 148 valence electrons. The number of piperidine rings is 1. The number of benzene rings is 1. The van der Waals surface area contributed by atoms with E-state index >= 15 is 0 Å². The summed E-state index contributed by atoms with van der Waals surface area (Å²) in [6.45, 7) is 10.3. The Hall–Kier alpha value is -1.19. The average Bonchev–Trinajstić information content (AvgIpc) is 3.02. The second-order valence-electron chi connectivity index (χ2n) is 7.23. The van der Waals surface area contributed by atoms with Crippen LogP contribution in [0.15, 0.2) is 28.6 Å². The SMILES string of the molecule is Cc1nc(CN2CCC(CN=C(N)Nc3ccc(C)c(C)c3)CC2)cs1.I. The van der Waals surface area contributed by atoms with Crippen LogP contribution in [-0.4, -0.2) is 35.5 Å². The number of anilines is 1. The highest BCUT2D eigenvalue weighted by Gasteiger charge is 2.19. The van der Waals surface area contributed by atoms with Crippen LogP contribution in [-0.2, 0) is 6.54 Å². The molecule has 0 spiro atoms. The molecule has 0 atom stereocenters. The molecule has 0 aliphatic carbocycles. The Morgan fingerprint density at radius 1 is 1.26 bits per heavy atom. The second-order valence-corrected chi connectivity index (χ2v) is 8.29. The molecule has 0 bridgehead atoms. The minimum atomic E-state index is 0. The Morgan fingerprint density at radius 3 is 2.63 bits per heavy atom. The molecule has 1 fully saturated rings. The summed E-state index contributed by atoms with van der Waals surface area (Å²) in [6, 6.07) is 6.25. The van der Waals surface area contributed by atoms with E-state index in [1.54, 1.807) is 11.3 Å². The Balaban J connectivity index is 0.00000261. The molecule has 5 nitrogen and oxygen atoms in total. The summed E-state index contributed by atoms with van der Waals surface area (Å²) in [4.78, 5) is 11.6. The van der Waals surface area contributed by atoms with Crippen molar-refractivity contribution in [1.82, 2.24) is 9.88 Å². The van der Waals surface area contributed by atoms with Crippen LogP contribution in [0, 0.1) is 26.7 Å². The number of likely N-dealkylation sites (tertiary alicyclic amines) is 1. The van der Waals surface area contributed by atoms with E-state index in [0.29, 0.717) is 11.9 Å². The van der Waals surface area contributed by atoms with Crippen LogP contribution in [0.3, 0.4) is 0 Å². The Labute approximate surface area is 183 Å². The number of nitrogens with zero attached hydrogens (tertiary/aromatic N) is 3. The maximum absolute atomic E-state index is 6.06. The summed E-state index contributed by atoms with van der Waals surface area (Å²) < 4.78 is 0. The summed E-state index contributed by atoms with van der Waals surface area (Å²) in [6.07, 6.45) is 2.34. The van der Waals surface area contributed by atoms with Crippen LogP contribution in [0.25, 0.3) is 0 Å². The lowest BCUT2D eigenvalue weighted by Gasteiger charge is -2.30. The summed E-state index contributed by atoms with van der Waals surface area (Å²) in [5, 5.41) is 6.52. The van der Waals surface area contributed by atoms with Crippen LogP contribution >= 0.6 is 35.3 Å². The molecule has 0 amide bonds. The van der Waals surface area contributed by atoms with Crippen molar-refractivity contribution in [3.63, 3.8) is 0 Å². The number of nitrogens with one attached hydrogen (secondary N) is 1. The zero-order valence-corrected chi connectivity index (χ0v) is 19.5. The van der Waals surface area contributed by atoms with E-state index < -0.39 is 0 Å². The lowest BCUT2D eigenvalue weighted by atomic mass is 9.97. The maximum Gasteiger partial charge on any atom is 0.193 e. The third-order valence-corrected chi connectivity index (χ3v) is 5.88.